The fourth-order valence-electron chi connectivity index (χ4n) is 5.40. The van der Waals surface area contributed by atoms with Crippen molar-refractivity contribution in [2.24, 2.45) is 0 Å². The first-order valence-electron chi connectivity index (χ1n) is 12.4. The largest absolute Gasteiger partial charge is 0.456 e. The van der Waals surface area contributed by atoms with Crippen LogP contribution in [-0.4, -0.2) is 0 Å². The fourth-order valence-corrected chi connectivity index (χ4v) is 5.40. The Morgan fingerprint density at radius 1 is 0.472 bits per heavy atom. The van der Waals surface area contributed by atoms with Crippen LogP contribution in [0.2, 0.25) is 0 Å². The second-order valence-corrected chi connectivity index (χ2v) is 10.6. The SMILES string of the molecule is CC(C)(C)c1cc(-c2cccc3oc4ccccc4c23)cc(-c2cccc3oc4ccccc4c23)c1. The molecule has 7 aromatic rings. The second-order valence-electron chi connectivity index (χ2n) is 10.6. The van der Waals surface area contributed by atoms with Gasteiger partial charge in [-0.1, -0.05) is 93.6 Å². The summed E-state index contributed by atoms with van der Waals surface area (Å²) in [7, 11) is 0. The highest BCUT2D eigenvalue weighted by molar-refractivity contribution is 6.14. The molecule has 0 saturated heterocycles. The highest BCUT2D eigenvalue weighted by atomic mass is 16.3. The van der Waals surface area contributed by atoms with Crippen LogP contribution in [0.15, 0.2) is 112 Å². The Labute approximate surface area is 209 Å². The van der Waals surface area contributed by atoms with E-state index in [1.807, 2.05) is 24.3 Å². The lowest BCUT2D eigenvalue weighted by molar-refractivity contribution is 0.591. The van der Waals surface area contributed by atoms with Crippen LogP contribution >= 0.6 is 0 Å². The van der Waals surface area contributed by atoms with Crippen molar-refractivity contribution in [1.29, 1.82) is 0 Å². The summed E-state index contributed by atoms with van der Waals surface area (Å²) in [4.78, 5) is 0. The van der Waals surface area contributed by atoms with E-state index in [1.54, 1.807) is 0 Å². The van der Waals surface area contributed by atoms with E-state index in [0.717, 1.165) is 43.9 Å². The molecule has 0 fully saturated rings. The van der Waals surface area contributed by atoms with E-state index in [4.69, 9.17) is 8.83 Å². The van der Waals surface area contributed by atoms with Gasteiger partial charge in [-0.2, -0.15) is 0 Å². The lowest BCUT2D eigenvalue weighted by Gasteiger charge is -2.22. The number of furan rings is 2. The van der Waals surface area contributed by atoms with Crippen molar-refractivity contribution < 1.29 is 8.83 Å². The van der Waals surface area contributed by atoms with Gasteiger partial charge >= 0.3 is 0 Å². The van der Waals surface area contributed by atoms with Crippen LogP contribution in [0.4, 0.5) is 0 Å². The molecule has 7 rings (SSSR count). The molecular weight excluding hydrogens is 440 g/mol. The molecule has 2 heterocycles. The molecule has 0 saturated carbocycles. The molecule has 0 N–H and O–H groups in total. The van der Waals surface area contributed by atoms with E-state index in [9.17, 15) is 0 Å². The van der Waals surface area contributed by atoms with Gasteiger partial charge in [0.1, 0.15) is 22.3 Å². The third kappa shape index (κ3) is 3.18. The molecule has 5 aromatic carbocycles. The minimum atomic E-state index is -0.0104. The Kier molecular flexibility index (Phi) is 4.44. The van der Waals surface area contributed by atoms with Crippen LogP contribution in [0.25, 0.3) is 66.1 Å². The zero-order valence-electron chi connectivity index (χ0n) is 20.6. The van der Waals surface area contributed by atoms with Gasteiger partial charge in [0.25, 0.3) is 0 Å². The van der Waals surface area contributed by atoms with Crippen LogP contribution in [0.5, 0.6) is 0 Å². The standard InChI is InChI=1S/C34H26O2/c1-34(2,3)23-19-21(24-12-8-16-30-32(24)26-10-4-6-14-28(26)35-30)18-22(20-23)25-13-9-17-31-33(25)27-11-5-7-15-29(27)36-31/h4-20H,1-3H3. The molecule has 0 amide bonds. The van der Waals surface area contributed by atoms with Gasteiger partial charge in [0.05, 0.1) is 0 Å². The van der Waals surface area contributed by atoms with Gasteiger partial charge in [-0.15, -0.1) is 0 Å². The number of para-hydroxylation sites is 2. The maximum absolute atomic E-state index is 6.21. The summed E-state index contributed by atoms with van der Waals surface area (Å²) in [5, 5.41) is 4.62. The molecule has 2 nitrogen and oxygen atoms in total. The third-order valence-electron chi connectivity index (χ3n) is 7.23. The van der Waals surface area contributed by atoms with Crippen molar-refractivity contribution in [3.63, 3.8) is 0 Å². The van der Waals surface area contributed by atoms with Crippen molar-refractivity contribution >= 4 is 43.9 Å². The van der Waals surface area contributed by atoms with E-state index < -0.39 is 0 Å². The smallest absolute Gasteiger partial charge is 0.136 e. The summed E-state index contributed by atoms with van der Waals surface area (Å²) in [6, 6.07) is 36.3. The van der Waals surface area contributed by atoms with Crippen LogP contribution in [0, 0.1) is 0 Å². The molecule has 2 heteroatoms. The normalized spacial score (nSPS) is 12.3. The van der Waals surface area contributed by atoms with Crippen LogP contribution in [-0.2, 0) is 5.41 Å². The molecule has 0 radical (unpaired) electrons. The van der Waals surface area contributed by atoms with Gasteiger partial charge in [-0.3, -0.25) is 0 Å². The van der Waals surface area contributed by atoms with Crippen molar-refractivity contribution in [2.45, 2.75) is 26.2 Å². The van der Waals surface area contributed by atoms with Gasteiger partial charge < -0.3 is 8.83 Å². The molecule has 0 unspecified atom stereocenters. The number of benzene rings is 5. The zero-order chi connectivity index (χ0) is 24.4. The number of fused-ring (bicyclic) bond motifs is 6. The minimum absolute atomic E-state index is 0.0104. The summed E-state index contributed by atoms with van der Waals surface area (Å²) < 4.78 is 12.4. The predicted octanol–water partition coefficient (Wildman–Crippen LogP) is 10.1. The van der Waals surface area contributed by atoms with Crippen molar-refractivity contribution in [2.75, 3.05) is 0 Å². The molecule has 2 aromatic heterocycles. The number of rotatable bonds is 2. The van der Waals surface area contributed by atoms with Crippen molar-refractivity contribution in [3.05, 3.63) is 109 Å². The zero-order valence-corrected chi connectivity index (χ0v) is 20.6. The summed E-state index contributed by atoms with van der Waals surface area (Å²) >= 11 is 0. The topological polar surface area (TPSA) is 26.3 Å². The molecule has 174 valence electrons. The summed E-state index contributed by atoms with van der Waals surface area (Å²) in [6.07, 6.45) is 0. The van der Waals surface area contributed by atoms with E-state index in [1.165, 1.54) is 27.8 Å². The Morgan fingerprint density at radius 3 is 1.39 bits per heavy atom. The molecule has 0 aliphatic heterocycles. The fraction of sp³-hybridized carbons (Fsp3) is 0.118. The maximum atomic E-state index is 6.21. The summed E-state index contributed by atoms with van der Waals surface area (Å²) in [5.74, 6) is 0. The molecule has 0 bridgehead atoms. The second kappa shape index (κ2) is 7.60. The van der Waals surface area contributed by atoms with Crippen LogP contribution < -0.4 is 0 Å². The maximum Gasteiger partial charge on any atom is 0.136 e. The monoisotopic (exact) mass is 466 g/mol. The molecule has 0 atom stereocenters. The van der Waals surface area contributed by atoms with Crippen molar-refractivity contribution in [3.8, 4) is 22.3 Å². The highest BCUT2D eigenvalue weighted by Gasteiger charge is 2.20. The van der Waals surface area contributed by atoms with Gasteiger partial charge in [0.2, 0.25) is 0 Å². The minimum Gasteiger partial charge on any atom is -0.456 e. The van der Waals surface area contributed by atoms with E-state index in [2.05, 4.69) is 99.6 Å². The van der Waals surface area contributed by atoms with Crippen LogP contribution in [0.3, 0.4) is 0 Å². The van der Waals surface area contributed by atoms with E-state index >= 15 is 0 Å². The Morgan fingerprint density at radius 2 is 0.917 bits per heavy atom. The number of hydrogen-bond acceptors (Lipinski definition) is 2. The van der Waals surface area contributed by atoms with Gasteiger partial charge in [0, 0.05) is 21.5 Å². The summed E-state index contributed by atoms with van der Waals surface area (Å²) in [5.41, 5.74) is 9.72. The Hall–Kier alpha value is -4.30. The average Bonchev–Trinajstić information content (AvgIpc) is 3.46. The summed E-state index contributed by atoms with van der Waals surface area (Å²) in [6.45, 7) is 6.83. The third-order valence-corrected chi connectivity index (χ3v) is 7.23. The average molecular weight is 467 g/mol. The van der Waals surface area contributed by atoms with E-state index in [-0.39, 0.29) is 5.41 Å². The van der Waals surface area contributed by atoms with Gasteiger partial charge in [-0.05, 0) is 63.6 Å². The highest BCUT2D eigenvalue weighted by Crippen LogP contribution is 2.42. The Balaban J connectivity index is 1.56. The molecule has 0 aliphatic rings. The number of hydrogen-bond donors (Lipinski definition) is 0. The lowest BCUT2D eigenvalue weighted by atomic mass is 9.82. The molecular formula is C34H26O2. The first-order chi connectivity index (χ1) is 17.5. The van der Waals surface area contributed by atoms with E-state index in [0.29, 0.717) is 0 Å². The Bertz CT molecular complexity index is 1790. The molecule has 0 aliphatic carbocycles. The first-order valence-corrected chi connectivity index (χ1v) is 12.4. The first kappa shape index (κ1) is 21.0. The molecule has 36 heavy (non-hydrogen) atoms. The van der Waals surface area contributed by atoms with Gasteiger partial charge in [0.15, 0.2) is 0 Å². The van der Waals surface area contributed by atoms with Crippen molar-refractivity contribution in [1.82, 2.24) is 0 Å². The predicted molar refractivity (Wildman–Crippen MR) is 151 cm³/mol. The van der Waals surface area contributed by atoms with Crippen LogP contribution in [0.1, 0.15) is 26.3 Å². The van der Waals surface area contributed by atoms with Gasteiger partial charge in [-0.25, -0.2) is 0 Å². The lowest BCUT2D eigenvalue weighted by Crippen LogP contribution is -2.11. The molecule has 0 spiro atoms. The quantitative estimate of drug-likeness (QED) is 0.253.